The maximum atomic E-state index is 11.6. The fraction of sp³-hybridized carbons (Fsp3) is 0.286. The van der Waals surface area contributed by atoms with E-state index in [9.17, 15) is 19.5 Å². The van der Waals surface area contributed by atoms with Crippen LogP contribution in [-0.2, 0) is 11.2 Å². The Bertz CT molecular complexity index is 1160. The summed E-state index contributed by atoms with van der Waals surface area (Å²) >= 11 is 0.924. The molecule has 32 heavy (non-hydrogen) atoms. The van der Waals surface area contributed by atoms with Crippen LogP contribution in [0.15, 0.2) is 47.3 Å². The van der Waals surface area contributed by atoms with E-state index in [0.717, 1.165) is 29.4 Å². The molecule has 1 aliphatic rings. The molecule has 0 unspecified atom stereocenters. The van der Waals surface area contributed by atoms with Gasteiger partial charge in [0, 0.05) is 12.2 Å². The lowest BCUT2D eigenvalue weighted by atomic mass is 10.1. The molecule has 2 amide bonds. The molecular formula is C21H23N5O5S. The van der Waals surface area contributed by atoms with Crippen molar-refractivity contribution in [2.75, 3.05) is 25.0 Å². The molecule has 3 aromatic rings. The zero-order valence-corrected chi connectivity index (χ0v) is 17.8. The highest BCUT2D eigenvalue weighted by atomic mass is 32.2. The number of carbonyl (C=O) groups is 2. The summed E-state index contributed by atoms with van der Waals surface area (Å²) in [7, 11) is 0. The Morgan fingerprint density at radius 3 is 2.66 bits per heavy atom. The summed E-state index contributed by atoms with van der Waals surface area (Å²) in [4.78, 5) is 39.6. The first-order chi connectivity index (χ1) is 15.5. The molecule has 0 spiro atoms. The van der Waals surface area contributed by atoms with Crippen molar-refractivity contribution in [3.63, 3.8) is 0 Å². The van der Waals surface area contributed by atoms with Crippen molar-refractivity contribution < 1.29 is 19.4 Å². The van der Waals surface area contributed by atoms with Crippen LogP contribution in [0.25, 0.3) is 11.0 Å². The molecule has 1 fully saturated rings. The quantitative estimate of drug-likeness (QED) is 0.248. The van der Waals surface area contributed by atoms with Gasteiger partial charge < -0.3 is 30.4 Å². The molecular weight excluding hydrogens is 434 g/mol. The van der Waals surface area contributed by atoms with Gasteiger partial charge in [-0.3, -0.25) is 14.9 Å². The molecule has 0 aliphatic carbocycles. The van der Waals surface area contributed by atoms with Crippen LogP contribution in [0.3, 0.4) is 0 Å². The zero-order chi connectivity index (χ0) is 22.5. The van der Waals surface area contributed by atoms with Crippen molar-refractivity contribution in [3.8, 4) is 5.75 Å². The lowest BCUT2D eigenvalue weighted by Crippen LogP contribution is -2.32. The number of H-pyrrole nitrogens is 2. The summed E-state index contributed by atoms with van der Waals surface area (Å²) in [5.74, 6) is 0.167. The van der Waals surface area contributed by atoms with Crippen LogP contribution in [0.2, 0.25) is 0 Å². The van der Waals surface area contributed by atoms with Crippen LogP contribution in [-0.4, -0.2) is 57.4 Å². The smallest absolute Gasteiger partial charge is 0.323 e. The number of para-hydroxylation sites is 1. The van der Waals surface area contributed by atoms with E-state index in [4.69, 9.17) is 4.74 Å². The second-order valence-electron chi connectivity index (χ2n) is 7.29. The van der Waals surface area contributed by atoms with E-state index in [1.807, 2.05) is 24.3 Å². The number of aromatic amines is 2. The highest BCUT2D eigenvalue weighted by Crippen LogP contribution is 2.22. The maximum Gasteiger partial charge on any atom is 0.323 e. The van der Waals surface area contributed by atoms with Gasteiger partial charge in [0.25, 0.3) is 11.1 Å². The Kier molecular flexibility index (Phi) is 6.78. The highest BCUT2D eigenvalue weighted by Gasteiger charge is 2.31. The van der Waals surface area contributed by atoms with Crippen molar-refractivity contribution in [1.29, 1.82) is 0 Å². The molecule has 0 bridgehead atoms. The lowest BCUT2D eigenvalue weighted by Gasteiger charge is -2.14. The largest absolute Gasteiger partial charge is 0.489 e. The van der Waals surface area contributed by atoms with Gasteiger partial charge >= 0.3 is 5.69 Å². The summed E-state index contributed by atoms with van der Waals surface area (Å²) in [6.45, 7) is 1.12. The number of aliphatic hydroxyl groups is 1. The molecule has 1 aliphatic heterocycles. The third kappa shape index (κ3) is 5.49. The van der Waals surface area contributed by atoms with Gasteiger partial charge in [-0.1, -0.05) is 18.2 Å². The normalized spacial score (nSPS) is 16.8. The standard InChI is InChI=1S/C21H23N5O5S/c27-14(11-31-16-3-1-2-15-17(16)25-20(29)24-15)10-22-9-8-12-4-6-13(7-5-12)23-19-18(28)26-21(30)32-19/h1-7,14,19,22-23,27H,8-11H2,(H2,24,25,29)(H,26,28,30)/t14-,19+/m1/s1. The average Bonchev–Trinajstić information content (AvgIpc) is 3.31. The van der Waals surface area contributed by atoms with Crippen LogP contribution in [0.5, 0.6) is 5.75 Å². The molecule has 4 rings (SSSR count). The predicted molar refractivity (Wildman–Crippen MR) is 122 cm³/mol. The minimum Gasteiger partial charge on any atom is -0.489 e. The van der Waals surface area contributed by atoms with E-state index in [1.165, 1.54) is 0 Å². The molecule has 11 heteroatoms. The molecule has 1 saturated heterocycles. The van der Waals surface area contributed by atoms with Crippen LogP contribution in [0, 0.1) is 0 Å². The second-order valence-corrected chi connectivity index (χ2v) is 8.37. The first-order valence-corrected chi connectivity index (χ1v) is 11.0. The summed E-state index contributed by atoms with van der Waals surface area (Å²) in [5, 5.41) is 17.7. The van der Waals surface area contributed by atoms with E-state index in [2.05, 4.69) is 25.9 Å². The first kappa shape index (κ1) is 21.9. The summed E-state index contributed by atoms with van der Waals surface area (Å²) in [6, 6.07) is 12.9. The van der Waals surface area contributed by atoms with E-state index in [0.29, 0.717) is 29.9 Å². The van der Waals surface area contributed by atoms with Crippen molar-refractivity contribution in [2.45, 2.75) is 17.9 Å². The minimum absolute atomic E-state index is 0.0922. The number of rotatable bonds is 10. The third-order valence-corrected chi connectivity index (χ3v) is 5.74. The second kappa shape index (κ2) is 9.90. The molecule has 168 valence electrons. The number of benzene rings is 2. The van der Waals surface area contributed by atoms with Crippen molar-refractivity contribution >= 4 is 39.6 Å². The number of anilines is 1. The number of nitrogens with one attached hydrogen (secondary N) is 5. The number of fused-ring (bicyclic) bond motifs is 1. The maximum absolute atomic E-state index is 11.6. The SMILES string of the molecule is O=C1NC(=O)[C@@H](Nc2ccc(CCNC[C@@H](O)COc3cccc4[nH]c(=O)[nH]c34)cc2)S1. The molecule has 10 nitrogen and oxygen atoms in total. The van der Waals surface area contributed by atoms with Crippen LogP contribution in [0.1, 0.15) is 5.56 Å². The fourth-order valence-electron chi connectivity index (χ4n) is 3.27. The number of carbonyl (C=O) groups excluding carboxylic acids is 2. The number of aromatic nitrogens is 2. The minimum atomic E-state index is -0.708. The van der Waals surface area contributed by atoms with Gasteiger partial charge in [0.1, 0.15) is 24.0 Å². The number of amides is 2. The van der Waals surface area contributed by atoms with Crippen LogP contribution >= 0.6 is 11.8 Å². The topological polar surface area (TPSA) is 148 Å². The first-order valence-electron chi connectivity index (χ1n) is 10.1. The highest BCUT2D eigenvalue weighted by molar-refractivity contribution is 8.15. The monoisotopic (exact) mass is 457 g/mol. The molecule has 6 N–H and O–H groups in total. The van der Waals surface area contributed by atoms with E-state index < -0.39 is 11.5 Å². The Hall–Kier alpha value is -3.28. The predicted octanol–water partition coefficient (Wildman–Crippen LogP) is 1.15. The molecule has 2 heterocycles. The number of aliphatic hydroxyl groups excluding tert-OH is 1. The Morgan fingerprint density at radius 2 is 1.91 bits per heavy atom. The average molecular weight is 458 g/mol. The van der Waals surface area contributed by atoms with Gasteiger partial charge in [-0.05, 0) is 54.6 Å². The number of hydrogen-bond donors (Lipinski definition) is 6. The van der Waals surface area contributed by atoms with Gasteiger partial charge in [0.15, 0.2) is 5.37 Å². The van der Waals surface area contributed by atoms with Crippen LogP contribution in [0.4, 0.5) is 10.5 Å². The summed E-state index contributed by atoms with van der Waals surface area (Å²) in [6.07, 6.45) is 0.0507. The van der Waals surface area contributed by atoms with E-state index >= 15 is 0 Å². The zero-order valence-electron chi connectivity index (χ0n) is 17.0. The fourth-order valence-corrected chi connectivity index (χ4v) is 4.00. The van der Waals surface area contributed by atoms with Gasteiger partial charge in [-0.2, -0.15) is 0 Å². The summed E-state index contributed by atoms with van der Waals surface area (Å²) < 4.78 is 5.65. The number of ether oxygens (including phenoxy) is 1. The number of imide groups is 1. The van der Waals surface area contributed by atoms with Crippen molar-refractivity contribution in [2.24, 2.45) is 0 Å². The molecule has 2 atom stereocenters. The van der Waals surface area contributed by atoms with Gasteiger partial charge in [0.05, 0.1) is 5.52 Å². The lowest BCUT2D eigenvalue weighted by molar-refractivity contribution is -0.118. The van der Waals surface area contributed by atoms with Gasteiger partial charge in [0.2, 0.25) is 0 Å². The van der Waals surface area contributed by atoms with Gasteiger partial charge in [-0.25, -0.2) is 4.79 Å². The number of imidazole rings is 1. The third-order valence-electron chi connectivity index (χ3n) is 4.85. The van der Waals surface area contributed by atoms with E-state index in [1.54, 1.807) is 18.2 Å². The number of thioether (sulfide) groups is 1. The van der Waals surface area contributed by atoms with Crippen molar-refractivity contribution in [3.05, 3.63) is 58.5 Å². The Balaban J connectivity index is 1.17. The molecule has 1 aromatic heterocycles. The molecule has 0 radical (unpaired) electrons. The summed E-state index contributed by atoms with van der Waals surface area (Å²) in [5.41, 5.74) is 2.78. The number of hydrogen-bond acceptors (Lipinski definition) is 8. The van der Waals surface area contributed by atoms with E-state index in [-0.39, 0.29) is 23.4 Å². The van der Waals surface area contributed by atoms with Crippen LogP contribution < -0.4 is 26.4 Å². The van der Waals surface area contributed by atoms with Crippen molar-refractivity contribution in [1.82, 2.24) is 20.6 Å². The Labute approximate surface area is 187 Å². The molecule has 0 saturated carbocycles. The van der Waals surface area contributed by atoms with Gasteiger partial charge in [-0.15, -0.1) is 0 Å². The Morgan fingerprint density at radius 1 is 1.09 bits per heavy atom. The molecule has 2 aromatic carbocycles.